The number of benzene rings is 2. The molecule has 0 bridgehead atoms. The van der Waals surface area contributed by atoms with Crippen LogP contribution in [0.15, 0.2) is 51.4 Å². The number of hydrogen-bond donors (Lipinski definition) is 0. The third-order valence-corrected chi connectivity index (χ3v) is 4.64. The highest BCUT2D eigenvalue weighted by Gasteiger charge is 2.15. The minimum absolute atomic E-state index is 0.197. The molecule has 26 heavy (non-hydrogen) atoms. The van der Waals surface area contributed by atoms with Crippen LogP contribution in [0.5, 0.6) is 5.75 Å². The van der Waals surface area contributed by atoms with Crippen molar-refractivity contribution >= 4 is 32.9 Å². The molecule has 4 nitrogen and oxygen atoms in total. The summed E-state index contributed by atoms with van der Waals surface area (Å²) in [6.07, 6.45) is 0.984. The number of hydrogen-bond acceptors (Lipinski definition) is 4. The van der Waals surface area contributed by atoms with E-state index in [1.807, 2.05) is 42.5 Å². The van der Waals surface area contributed by atoms with Gasteiger partial charge in [0, 0.05) is 27.4 Å². The van der Waals surface area contributed by atoms with E-state index < -0.39 is 0 Å². The van der Waals surface area contributed by atoms with Crippen LogP contribution in [-0.2, 0) is 29.0 Å². The van der Waals surface area contributed by atoms with Crippen LogP contribution in [0.1, 0.15) is 30.7 Å². The number of esters is 1. The minimum Gasteiger partial charge on any atom is -0.488 e. The third kappa shape index (κ3) is 4.10. The molecule has 0 amide bonds. The van der Waals surface area contributed by atoms with Gasteiger partial charge in [0.15, 0.2) is 0 Å². The molecule has 1 aromatic heterocycles. The third-order valence-electron chi connectivity index (χ3n) is 4.14. The Kier molecular flexibility index (Phi) is 5.99. The molecule has 5 heteroatoms. The minimum atomic E-state index is -0.254. The van der Waals surface area contributed by atoms with Crippen molar-refractivity contribution in [1.82, 2.24) is 0 Å². The van der Waals surface area contributed by atoms with Gasteiger partial charge in [-0.2, -0.15) is 0 Å². The van der Waals surface area contributed by atoms with Crippen LogP contribution in [-0.4, -0.2) is 12.6 Å². The maximum absolute atomic E-state index is 11.8. The number of furan rings is 1. The molecule has 0 aliphatic carbocycles. The first-order valence-electron chi connectivity index (χ1n) is 8.68. The summed E-state index contributed by atoms with van der Waals surface area (Å²) in [5, 5.41) is 1.04. The van der Waals surface area contributed by atoms with Crippen LogP contribution in [0.3, 0.4) is 0 Å². The smallest absolute Gasteiger partial charge is 0.310 e. The molecule has 0 atom stereocenters. The SMILES string of the molecule is CCOC(=O)Cc1ccccc1OCc1c(CC)oc2ccc(Br)cc12. The monoisotopic (exact) mass is 416 g/mol. The predicted octanol–water partition coefficient (Wildman–Crippen LogP) is 5.44. The molecule has 0 fully saturated rings. The van der Waals surface area contributed by atoms with E-state index >= 15 is 0 Å². The van der Waals surface area contributed by atoms with Gasteiger partial charge in [-0.3, -0.25) is 4.79 Å². The van der Waals surface area contributed by atoms with Gasteiger partial charge in [0.1, 0.15) is 23.7 Å². The van der Waals surface area contributed by atoms with Gasteiger partial charge in [-0.25, -0.2) is 0 Å². The maximum atomic E-state index is 11.8. The van der Waals surface area contributed by atoms with Crippen molar-refractivity contribution in [2.75, 3.05) is 6.61 Å². The summed E-state index contributed by atoms with van der Waals surface area (Å²) < 4.78 is 18.1. The fourth-order valence-electron chi connectivity index (χ4n) is 2.92. The molecule has 3 rings (SSSR count). The number of carbonyl (C=O) groups is 1. The fourth-order valence-corrected chi connectivity index (χ4v) is 3.28. The summed E-state index contributed by atoms with van der Waals surface area (Å²) in [6, 6.07) is 13.5. The second-order valence-corrected chi connectivity index (χ2v) is 6.79. The number of rotatable bonds is 7. The highest BCUT2D eigenvalue weighted by atomic mass is 79.9. The van der Waals surface area contributed by atoms with Crippen LogP contribution in [0.4, 0.5) is 0 Å². The second kappa shape index (κ2) is 8.41. The molecule has 0 saturated heterocycles. The van der Waals surface area contributed by atoms with Gasteiger partial charge in [0.05, 0.1) is 13.0 Å². The first-order chi connectivity index (χ1) is 12.6. The number of ether oxygens (including phenoxy) is 2. The Hall–Kier alpha value is -2.27. The first-order valence-corrected chi connectivity index (χ1v) is 9.47. The van der Waals surface area contributed by atoms with E-state index in [4.69, 9.17) is 13.9 Å². The van der Waals surface area contributed by atoms with E-state index in [9.17, 15) is 4.79 Å². The molecule has 0 aliphatic heterocycles. The highest BCUT2D eigenvalue weighted by Crippen LogP contribution is 2.30. The van der Waals surface area contributed by atoms with Gasteiger partial charge in [-0.15, -0.1) is 0 Å². The van der Waals surface area contributed by atoms with E-state index in [0.29, 0.717) is 19.0 Å². The highest BCUT2D eigenvalue weighted by molar-refractivity contribution is 9.10. The summed E-state index contributed by atoms with van der Waals surface area (Å²) in [7, 11) is 0. The van der Waals surface area contributed by atoms with Gasteiger partial charge in [-0.05, 0) is 31.2 Å². The molecular formula is C21H21BrO4. The van der Waals surface area contributed by atoms with Gasteiger partial charge in [0.25, 0.3) is 0 Å². The lowest BCUT2D eigenvalue weighted by Gasteiger charge is -2.11. The van der Waals surface area contributed by atoms with Crippen LogP contribution < -0.4 is 4.74 Å². The average molecular weight is 417 g/mol. The van der Waals surface area contributed by atoms with Crippen LogP contribution in [0.2, 0.25) is 0 Å². The van der Waals surface area contributed by atoms with Gasteiger partial charge in [-0.1, -0.05) is 41.1 Å². The summed E-state index contributed by atoms with van der Waals surface area (Å²) in [5.41, 5.74) is 2.70. The van der Waals surface area contributed by atoms with Crippen molar-refractivity contribution in [3.8, 4) is 5.75 Å². The number of halogens is 1. The Bertz CT molecular complexity index is 914. The molecule has 0 aliphatic rings. The molecule has 0 spiro atoms. The fraction of sp³-hybridized carbons (Fsp3) is 0.286. The van der Waals surface area contributed by atoms with E-state index in [0.717, 1.165) is 38.7 Å². The number of carbonyl (C=O) groups excluding carboxylic acids is 1. The summed E-state index contributed by atoms with van der Waals surface area (Å²) >= 11 is 3.51. The molecule has 1 heterocycles. The molecule has 136 valence electrons. The molecule has 0 unspecified atom stereocenters. The van der Waals surface area contributed by atoms with Crippen molar-refractivity contribution in [2.24, 2.45) is 0 Å². The second-order valence-electron chi connectivity index (χ2n) is 5.88. The van der Waals surface area contributed by atoms with E-state index in [-0.39, 0.29) is 12.4 Å². The number of fused-ring (bicyclic) bond motifs is 1. The largest absolute Gasteiger partial charge is 0.488 e. The lowest BCUT2D eigenvalue weighted by Crippen LogP contribution is -2.09. The van der Waals surface area contributed by atoms with Crippen molar-refractivity contribution < 1.29 is 18.7 Å². The Labute approximate surface area is 161 Å². The van der Waals surface area contributed by atoms with Crippen LogP contribution >= 0.6 is 15.9 Å². The van der Waals surface area contributed by atoms with E-state index in [2.05, 4.69) is 22.9 Å². The molecule has 0 saturated carbocycles. The Morgan fingerprint density at radius 2 is 1.96 bits per heavy atom. The lowest BCUT2D eigenvalue weighted by atomic mass is 10.1. The molecule has 2 aromatic carbocycles. The summed E-state index contributed by atoms with van der Waals surface area (Å²) in [4.78, 5) is 11.8. The standard InChI is InChI=1S/C21H21BrO4/c1-3-18-17(16-12-15(22)9-10-20(16)26-18)13-25-19-8-6-5-7-14(19)11-21(23)24-4-2/h5-10,12H,3-4,11,13H2,1-2H3. The van der Waals surface area contributed by atoms with E-state index in [1.165, 1.54) is 0 Å². The molecule has 0 N–H and O–H groups in total. The van der Waals surface area contributed by atoms with Crippen molar-refractivity contribution in [2.45, 2.75) is 33.3 Å². The van der Waals surface area contributed by atoms with Crippen molar-refractivity contribution in [1.29, 1.82) is 0 Å². The topological polar surface area (TPSA) is 48.7 Å². The number of para-hydroxylation sites is 1. The van der Waals surface area contributed by atoms with Gasteiger partial charge >= 0.3 is 5.97 Å². The zero-order valence-corrected chi connectivity index (χ0v) is 16.5. The summed E-state index contributed by atoms with van der Waals surface area (Å²) in [6.45, 7) is 4.61. The normalized spacial score (nSPS) is 10.9. The van der Waals surface area contributed by atoms with Crippen molar-refractivity contribution in [3.05, 3.63) is 63.8 Å². The molecule has 0 radical (unpaired) electrons. The molecular weight excluding hydrogens is 396 g/mol. The average Bonchev–Trinajstić information content (AvgIpc) is 2.98. The quantitative estimate of drug-likeness (QED) is 0.480. The van der Waals surface area contributed by atoms with Crippen LogP contribution in [0, 0.1) is 0 Å². The van der Waals surface area contributed by atoms with Gasteiger partial charge in [0.2, 0.25) is 0 Å². The lowest BCUT2D eigenvalue weighted by molar-refractivity contribution is -0.142. The van der Waals surface area contributed by atoms with Gasteiger partial charge < -0.3 is 13.9 Å². The zero-order valence-electron chi connectivity index (χ0n) is 14.9. The predicted molar refractivity (Wildman–Crippen MR) is 104 cm³/mol. The Balaban J connectivity index is 1.85. The van der Waals surface area contributed by atoms with E-state index in [1.54, 1.807) is 6.92 Å². The molecule has 3 aromatic rings. The first kappa shape index (κ1) is 18.5. The Morgan fingerprint density at radius 1 is 1.15 bits per heavy atom. The summed E-state index contributed by atoms with van der Waals surface area (Å²) in [5.74, 6) is 1.35. The van der Waals surface area contributed by atoms with Crippen LogP contribution in [0.25, 0.3) is 11.0 Å². The van der Waals surface area contributed by atoms with Crippen molar-refractivity contribution in [3.63, 3.8) is 0 Å². The maximum Gasteiger partial charge on any atom is 0.310 e. The zero-order chi connectivity index (χ0) is 18.5. The number of aryl methyl sites for hydroxylation is 1. The Morgan fingerprint density at radius 3 is 2.73 bits per heavy atom.